The molecule has 0 fully saturated rings. The lowest BCUT2D eigenvalue weighted by Crippen LogP contribution is -2.10. The first kappa shape index (κ1) is 14.6. The third-order valence-electron chi connectivity index (χ3n) is 3.26. The van der Waals surface area contributed by atoms with Gasteiger partial charge in [0.05, 0.1) is 12.0 Å². The Morgan fingerprint density at radius 2 is 1.95 bits per heavy atom. The maximum atomic E-state index is 12.4. The van der Waals surface area contributed by atoms with Crippen molar-refractivity contribution in [1.82, 2.24) is 4.98 Å². The molecule has 0 spiro atoms. The van der Waals surface area contributed by atoms with E-state index in [-0.39, 0.29) is 22.8 Å². The topological polar surface area (TPSA) is 82.3 Å². The molecule has 1 aromatic carbocycles. The second-order valence-corrected chi connectivity index (χ2v) is 4.51. The third kappa shape index (κ3) is 3.05. The second kappa shape index (κ2) is 6.13. The quantitative estimate of drug-likeness (QED) is 0.479. The first-order valence-corrected chi connectivity index (χ1v) is 6.31. The van der Waals surface area contributed by atoms with E-state index in [0.717, 1.165) is 5.56 Å². The number of benzene rings is 1. The molecule has 2 rings (SSSR count). The van der Waals surface area contributed by atoms with Crippen LogP contribution in [0.4, 0.5) is 5.69 Å². The molecule has 0 radical (unpaired) electrons. The fourth-order valence-corrected chi connectivity index (χ4v) is 2.04. The van der Waals surface area contributed by atoms with E-state index < -0.39 is 10.8 Å². The fraction of sp³-hybridized carbons (Fsp3) is 0.200. The minimum atomic E-state index is -0.563. The van der Waals surface area contributed by atoms with Gasteiger partial charge in [-0.3, -0.25) is 19.9 Å². The van der Waals surface area contributed by atoms with Crippen molar-refractivity contribution < 1.29 is 14.5 Å². The van der Waals surface area contributed by atoms with E-state index in [4.69, 9.17) is 4.74 Å². The molecule has 0 saturated carbocycles. The van der Waals surface area contributed by atoms with Gasteiger partial charge in [-0.05, 0) is 29.8 Å². The number of nitrogens with zero attached hydrogens (tertiary/aromatic N) is 2. The fourth-order valence-electron chi connectivity index (χ4n) is 2.04. The van der Waals surface area contributed by atoms with E-state index in [0.29, 0.717) is 0 Å². The Morgan fingerprint density at radius 1 is 1.29 bits per heavy atom. The van der Waals surface area contributed by atoms with Gasteiger partial charge >= 0.3 is 5.69 Å². The van der Waals surface area contributed by atoms with Gasteiger partial charge in [0.1, 0.15) is 0 Å². The molecule has 6 nitrogen and oxygen atoms in total. The van der Waals surface area contributed by atoms with Gasteiger partial charge in [-0.1, -0.05) is 6.92 Å². The number of methoxy groups -OCH3 is 1. The number of pyridine rings is 1. The smallest absolute Gasteiger partial charge is 0.311 e. The van der Waals surface area contributed by atoms with Crippen LogP contribution < -0.4 is 4.74 Å². The summed E-state index contributed by atoms with van der Waals surface area (Å²) in [6, 6.07) is 7.72. The number of nitro groups is 1. The number of hydrogen-bond donors (Lipinski definition) is 0. The lowest BCUT2D eigenvalue weighted by Gasteiger charge is -2.11. The number of aromatic nitrogens is 1. The van der Waals surface area contributed by atoms with Crippen molar-refractivity contribution in [2.45, 2.75) is 12.8 Å². The van der Waals surface area contributed by atoms with E-state index in [1.165, 1.54) is 25.3 Å². The summed E-state index contributed by atoms with van der Waals surface area (Å²) in [6.07, 6.45) is 3.21. The maximum absolute atomic E-state index is 12.4. The highest BCUT2D eigenvalue weighted by atomic mass is 16.6. The summed E-state index contributed by atoms with van der Waals surface area (Å²) >= 11 is 0. The molecule has 1 aromatic heterocycles. The molecule has 0 bridgehead atoms. The number of ketones is 1. The Kier molecular flexibility index (Phi) is 4.27. The van der Waals surface area contributed by atoms with Crippen molar-refractivity contribution in [3.05, 3.63) is 64.0 Å². The summed E-state index contributed by atoms with van der Waals surface area (Å²) in [7, 11) is 1.35. The number of carbonyl (C=O) groups excluding carboxylic acids is 1. The Hall–Kier alpha value is -2.76. The van der Waals surface area contributed by atoms with Gasteiger partial charge < -0.3 is 4.74 Å². The Morgan fingerprint density at radius 3 is 2.52 bits per heavy atom. The predicted octanol–water partition coefficient (Wildman–Crippen LogP) is 2.98. The van der Waals surface area contributed by atoms with Crippen LogP contribution >= 0.6 is 0 Å². The molecule has 0 aliphatic carbocycles. The van der Waals surface area contributed by atoms with E-state index in [1.54, 1.807) is 31.5 Å². The van der Waals surface area contributed by atoms with E-state index in [1.807, 2.05) is 0 Å². The van der Waals surface area contributed by atoms with Crippen molar-refractivity contribution in [2.24, 2.45) is 0 Å². The van der Waals surface area contributed by atoms with Crippen LogP contribution in [0.5, 0.6) is 5.75 Å². The van der Waals surface area contributed by atoms with Crippen LogP contribution in [0, 0.1) is 10.1 Å². The Bertz CT molecular complexity index is 671. The lowest BCUT2D eigenvalue weighted by atomic mass is 9.93. The lowest BCUT2D eigenvalue weighted by molar-refractivity contribution is -0.385. The minimum absolute atomic E-state index is 0.133. The first-order valence-electron chi connectivity index (χ1n) is 6.31. The highest BCUT2D eigenvalue weighted by Gasteiger charge is 2.22. The molecular formula is C15H14N2O4. The molecule has 1 atom stereocenters. The predicted molar refractivity (Wildman–Crippen MR) is 76.6 cm³/mol. The van der Waals surface area contributed by atoms with Gasteiger partial charge in [-0.25, -0.2) is 0 Å². The molecule has 0 aliphatic heterocycles. The summed E-state index contributed by atoms with van der Waals surface area (Å²) in [5.41, 5.74) is 0.880. The summed E-state index contributed by atoms with van der Waals surface area (Å²) in [5.74, 6) is -0.457. The van der Waals surface area contributed by atoms with Crippen LogP contribution in [0.2, 0.25) is 0 Å². The van der Waals surface area contributed by atoms with E-state index >= 15 is 0 Å². The van der Waals surface area contributed by atoms with Crippen LogP contribution in [0.3, 0.4) is 0 Å². The molecule has 0 aliphatic rings. The van der Waals surface area contributed by atoms with Crippen LogP contribution in [0.15, 0.2) is 42.7 Å². The molecule has 108 valence electrons. The van der Waals surface area contributed by atoms with Gasteiger partial charge in [0.25, 0.3) is 0 Å². The monoisotopic (exact) mass is 286 g/mol. The number of Topliss-reactive ketones (excluding diaryl/α,β-unsaturated/α-hetero) is 1. The molecule has 21 heavy (non-hydrogen) atoms. The standard InChI is InChI=1S/C15H14N2O4/c1-10(11-5-7-16-8-6-11)15(18)12-3-4-14(21-2)13(9-12)17(19)20/h3-10H,1-2H3. The maximum Gasteiger partial charge on any atom is 0.311 e. The van der Waals surface area contributed by atoms with Gasteiger partial charge in [0, 0.05) is 29.9 Å². The van der Waals surface area contributed by atoms with E-state index in [2.05, 4.69) is 4.98 Å². The number of rotatable bonds is 5. The van der Waals surface area contributed by atoms with Crippen molar-refractivity contribution in [2.75, 3.05) is 7.11 Å². The minimum Gasteiger partial charge on any atom is -0.490 e. The normalized spacial score (nSPS) is 11.7. The third-order valence-corrected chi connectivity index (χ3v) is 3.26. The number of ether oxygens (including phenoxy) is 1. The van der Waals surface area contributed by atoms with Crippen molar-refractivity contribution in [1.29, 1.82) is 0 Å². The van der Waals surface area contributed by atoms with Gasteiger partial charge in [-0.2, -0.15) is 0 Å². The first-order chi connectivity index (χ1) is 10.0. The molecule has 0 N–H and O–H groups in total. The van der Waals surface area contributed by atoms with Crippen LogP contribution in [0.1, 0.15) is 28.8 Å². The van der Waals surface area contributed by atoms with Crippen LogP contribution in [-0.4, -0.2) is 22.8 Å². The SMILES string of the molecule is COc1ccc(C(=O)C(C)c2ccncc2)cc1[N+](=O)[O-]. The molecule has 0 amide bonds. The summed E-state index contributed by atoms with van der Waals surface area (Å²) in [6.45, 7) is 1.76. The van der Waals surface area contributed by atoms with E-state index in [9.17, 15) is 14.9 Å². The Balaban J connectivity index is 2.36. The zero-order valence-electron chi connectivity index (χ0n) is 11.6. The highest BCUT2D eigenvalue weighted by molar-refractivity contribution is 6.01. The zero-order valence-corrected chi connectivity index (χ0v) is 11.6. The van der Waals surface area contributed by atoms with Crippen molar-refractivity contribution in [3.63, 3.8) is 0 Å². The van der Waals surface area contributed by atoms with Crippen molar-refractivity contribution in [3.8, 4) is 5.75 Å². The molecule has 1 unspecified atom stereocenters. The molecule has 2 aromatic rings. The molecule has 1 heterocycles. The van der Waals surface area contributed by atoms with Gasteiger partial charge in [-0.15, -0.1) is 0 Å². The number of carbonyl (C=O) groups is 1. The molecule has 6 heteroatoms. The average molecular weight is 286 g/mol. The van der Waals surface area contributed by atoms with Gasteiger partial charge in [0.15, 0.2) is 11.5 Å². The van der Waals surface area contributed by atoms with Gasteiger partial charge in [0.2, 0.25) is 0 Å². The summed E-state index contributed by atoms with van der Waals surface area (Å²) in [5, 5.41) is 11.0. The molecular weight excluding hydrogens is 272 g/mol. The largest absolute Gasteiger partial charge is 0.490 e. The Labute approximate surface area is 121 Å². The second-order valence-electron chi connectivity index (χ2n) is 4.51. The summed E-state index contributed by atoms with van der Waals surface area (Å²) in [4.78, 5) is 26.8. The number of nitro benzene ring substituents is 1. The van der Waals surface area contributed by atoms with Crippen LogP contribution in [0.25, 0.3) is 0 Å². The highest BCUT2D eigenvalue weighted by Crippen LogP contribution is 2.29. The number of hydrogen-bond acceptors (Lipinski definition) is 5. The average Bonchev–Trinajstić information content (AvgIpc) is 2.53. The summed E-state index contributed by atoms with van der Waals surface area (Å²) < 4.78 is 4.93. The van der Waals surface area contributed by atoms with Crippen LogP contribution in [-0.2, 0) is 0 Å². The zero-order chi connectivity index (χ0) is 15.4. The molecule has 0 saturated heterocycles. The van der Waals surface area contributed by atoms with Crippen molar-refractivity contribution >= 4 is 11.5 Å².